The van der Waals surface area contributed by atoms with E-state index in [2.05, 4.69) is 16.0 Å². The summed E-state index contributed by atoms with van der Waals surface area (Å²) >= 11 is 0. The van der Waals surface area contributed by atoms with E-state index in [1.165, 1.54) is 0 Å². The number of aliphatic hydroxyl groups is 9. The molecule has 0 heterocycles. The van der Waals surface area contributed by atoms with Crippen molar-refractivity contribution in [2.45, 2.75) is 153 Å². The maximum Gasteiger partial charge on any atom is 0.223 e. The molecule has 3 aliphatic rings. The molecule has 3 amide bonds. The van der Waals surface area contributed by atoms with Gasteiger partial charge in [0.15, 0.2) is 0 Å². The van der Waals surface area contributed by atoms with Crippen LogP contribution < -0.4 is 16.0 Å². The summed E-state index contributed by atoms with van der Waals surface area (Å²) in [4.78, 5) is 40.0. The van der Waals surface area contributed by atoms with E-state index in [1.807, 2.05) is 20.8 Å². The van der Waals surface area contributed by atoms with Gasteiger partial charge in [-0.2, -0.15) is 0 Å². The largest absolute Gasteiger partial charge is 0.390 e. The Morgan fingerprint density at radius 2 is 0.608 bits per heavy atom. The maximum absolute atomic E-state index is 13.3. The van der Waals surface area contributed by atoms with E-state index in [1.54, 1.807) is 0 Å². The van der Waals surface area contributed by atoms with Crippen LogP contribution in [0.25, 0.3) is 0 Å². The molecule has 0 unspecified atom stereocenters. The number of carbonyl (C=O) groups is 3. The van der Waals surface area contributed by atoms with Crippen LogP contribution in [0.2, 0.25) is 0 Å². The van der Waals surface area contributed by atoms with Crippen molar-refractivity contribution >= 4 is 17.7 Å². The zero-order valence-electron chi connectivity index (χ0n) is 29.7. The molecule has 0 saturated heterocycles. The minimum absolute atomic E-state index is 0.0160. The summed E-state index contributed by atoms with van der Waals surface area (Å²) in [6, 6.07) is 0. The summed E-state index contributed by atoms with van der Waals surface area (Å²) in [7, 11) is 0. The van der Waals surface area contributed by atoms with Gasteiger partial charge in [-0.05, 0) is 91.2 Å². The van der Waals surface area contributed by atoms with Gasteiger partial charge in [0.1, 0.15) is 18.3 Å². The molecule has 15 nitrogen and oxygen atoms in total. The standard InChI is InChI=1S/C36H57N3O12/c1-4-19-22(13-37-34(49)16-7-25(40)31(46)26(41)8-16)20(5-2)24(15-39-36(51)18-11-29(44)33(48)30(45)12-18)21(6-3)23(19)14-38-35(50)17-9-27(42)32(47)28(43)10-17/h16-18,25-33,40-48H,4-15H2,1-3H3,(H,37,49)(H,38,50)(H,39,51)/t16?,17?,18?,25-,26-,27-,28-,29-,30-,31?,32?,33?/m0/s1. The Bertz CT molecular complexity index is 1170. The highest BCUT2D eigenvalue weighted by molar-refractivity contribution is 5.80. The Morgan fingerprint density at radius 1 is 0.412 bits per heavy atom. The lowest BCUT2D eigenvalue weighted by molar-refractivity contribution is -0.138. The first-order chi connectivity index (χ1) is 24.1. The topological polar surface area (TPSA) is 269 Å². The number of rotatable bonds is 12. The highest BCUT2D eigenvalue weighted by Gasteiger charge is 2.40. The van der Waals surface area contributed by atoms with Crippen molar-refractivity contribution in [1.29, 1.82) is 0 Å². The van der Waals surface area contributed by atoms with Crippen LogP contribution in [0.3, 0.4) is 0 Å². The van der Waals surface area contributed by atoms with Crippen LogP contribution in [0.15, 0.2) is 0 Å². The molecule has 0 radical (unpaired) electrons. The first kappa shape index (κ1) is 41.0. The lowest BCUT2D eigenvalue weighted by atomic mass is 9.81. The fourth-order valence-corrected chi connectivity index (χ4v) is 8.26. The Morgan fingerprint density at radius 3 is 0.784 bits per heavy atom. The molecule has 0 spiro atoms. The monoisotopic (exact) mass is 723 g/mol. The molecule has 1 aromatic carbocycles. The van der Waals surface area contributed by atoms with Crippen LogP contribution in [0.4, 0.5) is 0 Å². The molecular weight excluding hydrogens is 666 g/mol. The second kappa shape index (κ2) is 17.9. The molecule has 4 rings (SSSR count). The molecule has 12 N–H and O–H groups in total. The number of aliphatic hydroxyl groups excluding tert-OH is 9. The molecule has 0 aliphatic heterocycles. The van der Waals surface area contributed by atoms with Gasteiger partial charge in [0, 0.05) is 37.4 Å². The van der Waals surface area contributed by atoms with Crippen LogP contribution in [-0.4, -0.2) is 119 Å². The van der Waals surface area contributed by atoms with Gasteiger partial charge in [0.05, 0.1) is 36.6 Å². The summed E-state index contributed by atoms with van der Waals surface area (Å²) in [5.41, 5.74) is 5.00. The van der Waals surface area contributed by atoms with Crippen LogP contribution >= 0.6 is 0 Å². The van der Waals surface area contributed by atoms with Crippen molar-refractivity contribution in [3.05, 3.63) is 33.4 Å². The quantitative estimate of drug-likeness (QED) is 0.109. The van der Waals surface area contributed by atoms with Gasteiger partial charge in [-0.25, -0.2) is 0 Å². The van der Waals surface area contributed by atoms with Crippen LogP contribution in [0, 0.1) is 17.8 Å². The van der Waals surface area contributed by atoms with Crippen molar-refractivity contribution in [3.63, 3.8) is 0 Å². The summed E-state index contributed by atoms with van der Waals surface area (Å²) in [5.74, 6) is -3.41. The van der Waals surface area contributed by atoms with Crippen molar-refractivity contribution in [2.24, 2.45) is 17.8 Å². The van der Waals surface area contributed by atoms with Gasteiger partial charge in [-0.15, -0.1) is 0 Å². The average Bonchev–Trinajstić information content (AvgIpc) is 3.10. The molecule has 3 aliphatic carbocycles. The Hall–Kier alpha value is -2.73. The van der Waals surface area contributed by atoms with Crippen molar-refractivity contribution < 1.29 is 60.3 Å². The highest BCUT2D eigenvalue weighted by Crippen LogP contribution is 2.33. The number of carbonyl (C=O) groups excluding carboxylic acids is 3. The van der Waals surface area contributed by atoms with Crippen molar-refractivity contribution in [1.82, 2.24) is 16.0 Å². The van der Waals surface area contributed by atoms with Crippen LogP contribution in [-0.2, 0) is 53.3 Å². The molecule has 288 valence electrons. The third-order valence-electron chi connectivity index (χ3n) is 11.2. The summed E-state index contributed by atoms with van der Waals surface area (Å²) in [5, 5.41) is 99.9. The van der Waals surface area contributed by atoms with Gasteiger partial charge in [-0.1, -0.05) is 20.8 Å². The number of hydrogen-bond donors (Lipinski definition) is 12. The van der Waals surface area contributed by atoms with Crippen LogP contribution in [0.5, 0.6) is 0 Å². The average molecular weight is 724 g/mol. The lowest BCUT2D eigenvalue weighted by Gasteiger charge is -2.34. The van der Waals surface area contributed by atoms with E-state index in [0.29, 0.717) is 19.3 Å². The molecule has 15 heteroatoms. The van der Waals surface area contributed by atoms with Crippen molar-refractivity contribution in [3.8, 4) is 0 Å². The van der Waals surface area contributed by atoms with E-state index in [9.17, 15) is 60.3 Å². The minimum Gasteiger partial charge on any atom is -0.390 e. The Kier molecular flexibility index (Phi) is 14.4. The van der Waals surface area contributed by atoms with Gasteiger partial charge >= 0.3 is 0 Å². The van der Waals surface area contributed by atoms with Gasteiger partial charge in [0.25, 0.3) is 0 Å². The summed E-state index contributed by atoms with van der Waals surface area (Å²) in [6.45, 7) is 6.06. The molecule has 1 aromatic rings. The molecule has 0 bridgehead atoms. The maximum atomic E-state index is 13.3. The Labute approximate surface area is 298 Å². The second-order valence-electron chi connectivity index (χ2n) is 14.5. The minimum atomic E-state index is -1.33. The van der Waals surface area contributed by atoms with Gasteiger partial charge in [0.2, 0.25) is 17.7 Å². The van der Waals surface area contributed by atoms with E-state index < -0.39 is 90.4 Å². The van der Waals surface area contributed by atoms with Crippen LogP contribution in [0.1, 0.15) is 92.7 Å². The number of benzene rings is 1. The summed E-state index contributed by atoms with van der Waals surface area (Å²) in [6.07, 6.45) is -10.0. The Balaban J connectivity index is 1.66. The molecule has 3 fully saturated rings. The fourth-order valence-electron chi connectivity index (χ4n) is 8.26. The fraction of sp³-hybridized carbons (Fsp3) is 0.750. The third kappa shape index (κ3) is 9.26. The third-order valence-corrected chi connectivity index (χ3v) is 11.2. The predicted molar refractivity (Wildman–Crippen MR) is 182 cm³/mol. The molecular formula is C36H57N3O12. The van der Waals surface area contributed by atoms with E-state index >= 15 is 0 Å². The normalized spacial score (nSPS) is 34.1. The van der Waals surface area contributed by atoms with Gasteiger partial charge in [-0.3, -0.25) is 14.4 Å². The van der Waals surface area contributed by atoms with Crippen molar-refractivity contribution in [2.75, 3.05) is 0 Å². The van der Waals surface area contributed by atoms with E-state index in [4.69, 9.17) is 0 Å². The molecule has 6 atom stereocenters. The summed E-state index contributed by atoms with van der Waals surface area (Å²) < 4.78 is 0. The second-order valence-corrected chi connectivity index (χ2v) is 14.5. The highest BCUT2D eigenvalue weighted by atomic mass is 16.4. The molecule has 51 heavy (non-hydrogen) atoms. The first-order valence-electron chi connectivity index (χ1n) is 18.3. The lowest BCUT2D eigenvalue weighted by Crippen LogP contribution is -2.48. The smallest absolute Gasteiger partial charge is 0.223 e. The van der Waals surface area contributed by atoms with E-state index in [-0.39, 0.29) is 58.2 Å². The number of hydrogen-bond acceptors (Lipinski definition) is 12. The van der Waals surface area contributed by atoms with Gasteiger partial charge < -0.3 is 61.9 Å². The first-order valence-corrected chi connectivity index (χ1v) is 18.3. The SMILES string of the molecule is CCc1c(CNC(=O)C2C[C@H](O)C(O)[C@@H](O)C2)c(CC)c(CNC(=O)C2C[C@H](O)C(O)[C@@H](O)C2)c(CC)c1CNC(=O)C1C[C@H](O)C(O)[C@@H](O)C1. The molecule has 0 aromatic heterocycles. The number of amides is 3. The van der Waals surface area contributed by atoms with E-state index in [0.717, 1.165) is 33.4 Å². The predicted octanol–water partition coefficient (Wildman–Crippen LogP) is -2.30. The molecule has 3 saturated carbocycles. The number of nitrogens with one attached hydrogen (secondary N) is 3. The zero-order valence-corrected chi connectivity index (χ0v) is 29.7. The zero-order chi connectivity index (χ0) is 37.7.